The van der Waals surface area contributed by atoms with Gasteiger partial charge < -0.3 is 5.11 Å². The lowest BCUT2D eigenvalue weighted by molar-refractivity contribution is -0.137. The van der Waals surface area contributed by atoms with Crippen molar-refractivity contribution in [2.75, 3.05) is 6.61 Å². The first-order valence-corrected chi connectivity index (χ1v) is 6.96. The van der Waals surface area contributed by atoms with Gasteiger partial charge in [-0.05, 0) is 54.3 Å². The molecule has 0 amide bonds. The summed E-state index contributed by atoms with van der Waals surface area (Å²) in [5, 5.41) is 9.85. The van der Waals surface area contributed by atoms with E-state index in [1.165, 1.54) is 25.7 Å². The van der Waals surface area contributed by atoms with Gasteiger partial charge in [0, 0.05) is 12.0 Å². The van der Waals surface area contributed by atoms with Crippen molar-refractivity contribution in [3.63, 3.8) is 0 Å². The van der Waals surface area contributed by atoms with Crippen molar-refractivity contribution >= 4 is 0 Å². The van der Waals surface area contributed by atoms with Gasteiger partial charge in [-0.3, -0.25) is 0 Å². The van der Waals surface area contributed by atoms with Crippen LogP contribution in [0, 0.1) is 34.0 Å². The van der Waals surface area contributed by atoms with Crippen LogP contribution in [0.25, 0.3) is 0 Å². The van der Waals surface area contributed by atoms with Crippen LogP contribution in [0.4, 0.5) is 0 Å². The molecule has 1 nitrogen and oxygen atoms in total. The fourth-order valence-electron chi connectivity index (χ4n) is 5.24. The van der Waals surface area contributed by atoms with Crippen LogP contribution in [-0.2, 0) is 0 Å². The Morgan fingerprint density at radius 2 is 1.69 bits per heavy atom. The van der Waals surface area contributed by atoms with Crippen LogP contribution >= 0.6 is 0 Å². The number of aliphatic hydroxyl groups is 1. The van der Waals surface area contributed by atoms with E-state index in [2.05, 4.69) is 27.7 Å². The molecule has 4 atom stereocenters. The quantitative estimate of drug-likeness (QED) is 0.758. The van der Waals surface area contributed by atoms with Crippen molar-refractivity contribution in [1.82, 2.24) is 0 Å². The lowest BCUT2D eigenvalue weighted by atomic mass is 9.43. The molecule has 1 N–H and O–H groups in total. The second kappa shape index (κ2) is 2.85. The van der Waals surface area contributed by atoms with E-state index in [-0.39, 0.29) is 5.41 Å². The van der Waals surface area contributed by atoms with Crippen molar-refractivity contribution in [2.24, 2.45) is 34.0 Å². The number of hydrogen-bond donors (Lipinski definition) is 1. The average molecular weight is 222 g/mol. The predicted octanol–water partition coefficient (Wildman–Crippen LogP) is 3.47. The summed E-state index contributed by atoms with van der Waals surface area (Å²) < 4.78 is 0. The van der Waals surface area contributed by atoms with Crippen molar-refractivity contribution in [3.8, 4) is 0 Å². The normalized spacial score (nSPS) is 51.9. The zero-order valence-electron chi connectivity index (χ0n) is 11.2. The van der Waals surface area contributed by atoms with Crippen LogP contribution in [0.2, 0.25) is 0 Å². The van der Waals surface area contributed by atoms with Gasteiger partial charge in [-0.25, -0.2) is 0 Å². The molecule has 4 rings (SSSR count). The summed E-state index contributed by atoms with van der Waals surface area (Å²) in [6.45, 7) is 10.0. The molecular weight excluding hydrogens is 196 g/mol. The van der Waals surface area contributed by atoms with E-state index >= 15 is 0 Å². The highest BCUT2D eigenvalue weighted by Gasteiger charge is 2.70. The van der Waals surface area contributed by atoms with Crippen molar-refractivity contribution in [2.45, 2.75) is 53.4 Å². The minimum Gasteiger partial charge on any atom is -0.396 e. The molecule has 4 aliphatic carbocycles. The molecule has 4 aliphatic rings. The van der Waals surface area contributed by atoms with Gasteiger partial charge in [-0.1, -0.05) is 27.7 Å². The summed E-state index contributed by atoms with van der Waals surface area (Å²) >= 11 is 0. The zero-order chi connectivity index (χ0) is 11.8. The first kappa shape index (κ1) is 11.1. The fourth-order valence-corrected chi connectivity index (χ4v) is 5.24. The van der Waals surface area contributed by atoms with E-state index in [1.807, 2.05) is 0 Å². The third kappa shape index (κ3) is 1.06. The molecule has 4 unspecified atom stereocenters. The topological polar surface area (TPSA) is 20.2 Å². The summed E-state index contributed by atoms with van der Waals surface area (Å²) in [5.41, 5.74) is 1.23. The molecule has 4 saturated carbocycles. The third-order valence-electron chi connectivity index (χ3n) is 6.83. The smallest absolute Gasteiger partial charge is 0.0495 e. The highest BCUT2D eigenvalue weighted by molar-refractivity contribution is 5.18. The van der Waals surface area contributed by atoms with Crippen molar-refractivity contribution in [3.05, 3.63) is 0 Å². The first-order valence-electron chi connectivity index (χ1n) is 6.96. The molecule has 0 aromatic rings. The summed E-state index contributed by atoms with van der Waals surface area (Å²) in [6.07, 6.45) is 5.47. The maximum atomic E-state index is 9.85. The lowest BCUT2D eigenvalue weighted by Crippen LogP contribution is -2.55. The standard InChI is InChI=1S/C15H26O/c1-13(2)8-15(13,9-16)11-6-5-10-7-12(11)14(10,3)4/h10-12,16H,5-9H2,1-4H3. The molecule has 0 saturated heterocycles. The van der Waals surface area contributed by atoms with Gasteiger partial charge in [-0.2, -0.15) is 0 Å². The summed E-state index contributed by atoms with van der Waals surface area (Å²) in [7, 11) is 0. The van der Waals surface area contributed by atoms with Gasteiger partial charge in [0.05, 0.1) is 0 Å². The van der Waals surface area contributed by atoms with Crippen LogP contribution in [0.3, 0.4) is 0 Å². The second-order valence-electron chi connectivity index (χ2n) is 7.92. The van der Waals surface area contributed by atoms with Gasteiger partial charge in [0.15, 0.2) is 0 Å². The molecule has 1 heteroatoms. The largest absolute Gasteiger partial charge is 0.396 e. The number of rotatable bonds is 2. The predicted molar refractivity (Wildman–Crippen MR) is 66.0 cm³/mol. The Morgan fingerprint density at radius 3 is 2.06 bits per heavy atom. The maximum absolute atomic E-state index is 9.85. The van der Waals surface area contributed by atoms with E-state index in [0.29, 0.717) is 17.4 Å². The number of fused-ring (bicyclic) bond motifs is 2. The fraction of sp³-hybridized carbons (Fsp3) is 1.00. The van der Waals surface area contributed by atoms with Crippen LogP contribution in [0.5, 0.6) is 0 Å². The number of aliphatic hydroxyl groups excluding tert-OH is 1. The Hall–Kier alpha value is -0.0400. The van der Waals surface area contributed by atoms with E-state index in [9.17, 15) is 5.11 Å². The van der Waals surface area contributed by atoms with Gasteiger partial charge in [-0.15, -0.1) is 0 Å². The van der Waals surface area contributed by atoms with Crippen molar-refractivity contribution in [1.29, 1.82) is 0 Å². The van der Waals surface area contributed by atoms with Crippen LogP contribution < -0.4 is 0 Å². The Labute approximate surface area is 99.6 Å². The second-order valence-corrected chi connectivity index (χ2v) is 7.92. The number of hydrogen-bond acceptors (Lipinski definition) is 1. The lowest BCUT2D eigenvalue weighted by Gasteiger charge is -2.62. The molecule has 0 aliphatic heterocycles. The van der Waals surface area contributed by atoms with Crippen LogP contribution in [0.1, 0.15) is 53.4 Å². The molecule has 4 fully saturated rings. The Morgan fingerprint density at radius 1 is 1.06 bits per heavy atom. The van der Waals surface area contributed by atoms with Crippen molar-refractivity contribution < 1.29 is 5.11 Å². The van der Waals surface area contributed by atoms with Gasteiger partial charge >= 0.3 is 0 Å². The van der Waals surface area contributed by atoms with Crippen LogP contribution in [0.15, 0.2) is 0 Å². The first-order chi connectivity index (χ1) is 7.35. The molecule has 16 heavy (non-hydrogen) atoms. The van der Waals surface area contributed by atoms with E-state index in [0.717, 1.165) is 17.8 Å². The highest BCUT2D eigenvalue weighted by atomic mass is 16.3. The highest BCUT2D eigenvalue weighted by Crippen LogP contribution is 2.75. The van der Waals surface area contributed by atoms with E-state index in [4.69, 9.17) is 0 Å². The minimum atomic E-state index is 0.278. The molecule has 0 spiro atoms. The molecular formula is C15H26O. The molecule has 92 valence electrons. The molecule has 2 bridgehead atoms. The Kier molecular flexibility index (Phi) is 1.98. The van der Waals surface area contributed by atoms with E-state index in [1.54, 1.807) is 0 Å². The SMILES string of the molecule is CC1(C)C2CCC(C3(CO)CC3(C)C)C1C2. The van der Waals surface area contributed by atoms with Gasteiger partial charge in [0.25, 0.3) is 0 Å². The maximum Gasteiger partial charge on any atom is 0.0495 e. The van der Waals surface area contributed by atoms with E-state index < -0.39 is 0 Å². The molecule has 0 radical (unpaired) electrons. The van der Waals surface area contributed by atoms with Crippen LogP contribution in [-0.4, -0.2) is 11.7 Å². The monoisotopic (exact) mass is 222 g/mol. The minimum absolute atomic E-state index is 0.278. The van der Waals surface area contributed by atoms with Gasteiger partial charge in [0.1, 0.15) is 0 Å². The summed E-state index contributed by atoms with van der Waals surface area (Å²) in [5.74, 6) is 2.67. The Balaban J connectivity index is 1.86. The molecule has 0 heterocycles. The molecule has 0 aromatic heterocycles. The van der Waals surface area contributed by atoms with Gasteiger partial charge in [0.2, 0.25) is 0 Å². The molecule has 0 aromatic carbocycles. The average Bonchev–Trinajstić information content (AvgIpc) is 2.82. The zero-order valence-corrected chi connectivity index (χ0v) is 11.2. The summed E-state index contributed by atoms with van der Waals surface area (Å²) in [6, 6.07) is 0. The summed E-state index contributed by atoms with van der Waals surface area (Å²) in [4.78, 5) is 0. The Bertz CT molecular complexity index is 315. The third-order valence-corrected chi connectivity index (χ3v) is 6.83.